The highest BCUT2D eigenvalue weighted by Gasteiger charge is 2.29. The topological polar surface area (TPSA) is 200 Å². The van der Waals surface area contributed by atoms with Crippen molar-refractivity contribution in [3.63, 3.8) is 0 Å². The number of H-pyrrole nitrogens is 1. The Kier molecular flexibility index (Phi) is 9.75. The fourth-order valence-electron chi connectivity index (χ4n) is 2.45. The molecule has 0 aliphatic carbocycles. The Morgan fingerprint density at radius 1 is 1.14 bits per heavy atom. The van der Waals surface area contributed by atoms with Crippen LogP contribution < -0.4 is 21.7 Å². The second kappa shape index (κ2) is 11.8. The number of aromatic nitrogens is 2. The van der Waals surface area contributed by atoms with Crippen LogP contribution in [0.25, 0.3) is 0 Å². The molecule has 0 spiro atoms. The predicted molar refractivity (Wildman–Crippen MR) is 101 cm³/mol. The molecule has 0 radical (unpaired) electrons. The molecule has 0 saturated heterocycles. The van der Waals surface area contributed by atoms with E-state index in [1.54, 1.807) is 0 Å². The number of imidazole rings is 1. The van der Waals surface area contributed by atoms with Gasteiger partial charge in [0.1, 0.15) is 24.7 Å². The Balaban J connectivity index is 2.92. The van der Waals surface area contributed by atoms with Gasteiger partial charge in [-0.3, -0.25) is 19.2 Å². The van der Waals surface area contributed by atoms with Crippen LogP contribution in [0.4, 0.5) is 0 Å². The fraction of sp³-hybridized carbons (Fsp3) is 0.588. The van der Waals surface area contributed by atoms with Gasteiger partial charge in [0.25, 0.3) is 0 Å². The lowest BCUT2D eigenvalue weighted by Crippen LogP contribution is -2.57. The largest absolute Gasteiger partial charge is 0.480 e. The second-order valence-corrected chi connectivity index (χ2v) is 6.93. The van der Waals surface area contributed by atoms with E-state index in [2.05, 4.69) is 25.9 Å². The van der Waals surface area contributed by atoms with Gasteiger partial charge in [-0.05, 0) is 12.3 Å². The summed E-state index contributed by atoms with van der Waals surface area (Å²) in [4.78, 5) is 54.5. The Morgan fingerprint density at radius 2 is 1.79 bits per heavy atom. The normalized spacial score (nSPS) is 14.0. The maximum absolute atomic E-state index is 12.8. The lowest BCUT2D eigenvalue weighted by atomic mass is 10.0. The highest BCUT2D eigenvalue weighted by Crippen LogP contribution is 2.07. The first kappa shape index (κ1) is 24.0. The van der Waals surface area contributed by atoms with E-state index in [9.17, 15) is 19.2 Å². The molecule has 3 unspecified atom stereocenters. The molecule has 8 N–H and O–H groups in total. The van der Waals surface area contributed by atoms with E-state index in [1.165, 1.54) is 12.5 Å². The summed E-state index contributed by atoms with van der Waals surface area (Å²) in [5.74, 6) is -3.22. The number of carbonyl (C=O) groups is 4. The number of amides is 3. The first-order valence-electron chi connectivity index (χ1n) is 9.08. The number of aromatic amines is 1. The number of aliphatic carboxylic acids is 1. The second-order valence-electron chi connectivity index (χ2n) is 6.93. The minimum Gasteiger partial charge on any atom is -0.480 e. The summed E-state index contributed by atoms with van der Waals surface area (Å²) < 4.78 is 0. The molecule has 0 aromatic carbocycles. The number of nitrogens with two attached hydrogens (primary N) is 1. The molecular formula is C17H28N6O6. The molecule has 0 fully saturated rings. The predicted octanol–water partition coefficient (Wildman–Crippen LogP) is -2.51. The van der Waals surface area contributed by atoms with Gasteiger partial charge in [-0.2, -0.15) is 0 Å². The first-order valence-corrected chi connectivity index (χ1v) is 9.08. The zero-order chi connectivity index (χ0) is 22.0. The van der Waals surface area contributed by atoms with Crippen molar-refractivity contribution in [2.45, 2.75) is 44.8 Å². The van der Waals surface area contributed by atoms with Gasteiger partial charge in [0, 0.05) is 18.3 Å². The smallest absolute Gasteiger partial charge is 0.322 e. The van der Waals surface area contributed by atoms with E-state index in [0.717, 1.165) is 0 Å². The zero-order valence-corrected chi connectivity index (χ0v) is 16.3. The van der Waals surface area contributed by atoms with Crippen molar-refractivity contribution < 1.29 is 29.4 Å². The van der Waals surface area contributed by atoms with Crippen LogP contribution in [0.2, 0.25) is 0 Å². The van der Waals surface area contributed by atoms with Crippen molar-refractivity contribution in [3.8, 4) is 0 Å². The fourth-order valence-corrected chi connectivity index (χ4v) is 2.45. The molecule has 1 heterocycles. The summed E-state index contributed by atoms with van der Waals surface area (Å²) >= 11 is 0. The van der Waals surface area contributed by atoms with Crippen LogP contribution >= 0.6 is 0 Å². The van der Waals surface area contributed by atoms with Gasteiger partial charge in [-0.15, -0.1) is 0 Å². The van der Waals surface area contributed by atoms with Crippen LogP contribution in [0.3, 0.4) is 0 Å². The molecule has 0 aliphatic heterocycles. The molecule has 162 valence electrons. The maximum Gasteiger partial charge on any atom is 0.322 e. The number of nitrogens with zero attached hydrogens (tertiary/aromatic N) is 1. The quantitative estimate of drug-likeness (QED) is 0.195. The molecule has 1 rings (SSSR count). The van der Waals surface area contributed by atoms with Crippen LogP contribution in [0, 0.1) is 5.92 Å². The number of carboxylic acids is 1. The lowest BCUT2D eigenvalue weighted by Gasteiger charge is -2.24. The van der Waals surface area contributed by atoms with Gasteiger partial charge < -0.3 is 36.9 Å². The van der Waals surface area contributed by atoms with Crippen molar-refractivity contribution in [2.75, 3.05) is 13.2 Å². The third-order valence-corrected chi connectivity index (χ3v) is 3.90. The van der Waals surface area contributed by atoms with E-state index in [0.29, 0.717) is 5.69 Å². The molecule has 3 amide bonds. The maximum atomic E-state index is 12.8. The molecule has 1 aromatic rings. The minimum absolute atomic E-state index is 0.0272. The van der Waals surface area contributed by atoms with Crippen molar-refractivity contribution in [2.24, 2.45) is 11.7 Å². The Labute approximate surface area is 167 Å². The number of hydrogen-bond acceptors (Lipinski definition) is 7. The summed E-state index contributed by atoms with van der Waals surface area (Å²) in [6, 6.07) is -3.30. The van der Waals surface area contributed by atoms with E-state index in [-0.39, 0.29) is 18.8 Å². The summed E-state index contributed by atoms with van der Waals surface area (Å²) in [5, 5.41) is 25.0. The molecule has 12 heteroatoms. The first-order chi connectivity index (χ1) is 13.6. The molecule has 0 saturated carbocycles. The summed E-state index contributed by atoms with van der Waals surface area (Å²) in [6.45, 7) is 2.50. The zero-order valence-electron chi connectivity index (χ0n) is 16.3. The van der Waals surface area contributed by atoms with Crippen LogP contribution in [-0.2, 0) is 25.6 Å². The van der Waals surface area contributed by atoms with Gasteiger partial charge in [0.15, 0.2) is 0 Å². The highest BCUT2D eigenvalue weighted by molar-refractivity contribution is 5.93. The van der Waals surface area contributed by atoms with E-state index in [1.807, 2.05) is 13.8 Å². The van der Waals surface area contributed by atoms with Gasteiger partial charge in [-0.1, -0.05) is 13.8 Å². The summed E-state index contributed by atoms with van der Waals surface area (Å²) in [5.41, 5.74) is 6.04. The van der Waals surface area contributed by atoms with Crippen LogP contribution in [-0.4, -0.2) is 75.1 Å². The van der Waals surface area contributed by atoms with Crippen molar-refractivity contribution in [1.29, 1.82) is 0 Å². The highest BCUT2D eigenvalue weighted by atomic mass is 16.4. The van der Waals surface area contributed by atoms with Crippen molar-refractivity contribution in [3.05, 3.63) is 18.2 Å². The van der Waals surface area contributed by atoms with Gasteiger partial charge in [0.05, 0.1) is 12.9 Å². The monoisotopic (exact) mass is 412 g/mol. The summed E-state index contributed by atoms with van der Waals surface area (Å²) in [7, 11) is 0. The SMILES string of the molecule is CC(C)CC(NC(=O)C(Cc1cnc[nH]1)NC(=O)C(N)CO)C(=O)NCC(=O)O. The third-order valence-electron chi connectivity index (χ3n) is 3.90. The Morgan fingerprint density at radius 3 is 2.31 bits per heavy atom. The molecule has 3 atom stereocenters. The molecule has 1 aromatic heterocycles. The molecule has 0 aliphatic rings. The van der Waals surface area contributed by atoms with Gasteiger partial charge in [-0.25, -0.2) is 4.98 Å². The van der Waals surface area contributed by atoms with E-state index in [4.69, 9.17) is 15.9 Å². The number of carboxylic acid groups (broad SMARTS) is 1. The van der Waals surface area contributed by atoms with Gasteiger partial charge in [0.2, 0.25) is 17.7 Å². The molecule has 29 heavy (non-hydrogen) atoms. The number of nitrogens with one attached hydrogen (secondary N) is 4. The van der Waals surface area contributed by atoms with Gasteiger partial charge >= 0.3 is 5.97 Å². The van der Waals surface area contributed by atoms with Crippen molar-refractivity contribution in [1.82, 2.24) is 25.9 Å². The average molecular weight is 412 g/mol. The van der Waals surface area contributed by atoms with E-state index >= 15 is 0 Å². The molecular weight excluding hydrogens is 384 g/mol. The molecule has 0 bridgehead atoms. The standard InChI is InChI=1S/C17H28N6O6/c1-9(2)3-12(16(28)20-6-14(25)26)23-17(29)13(4-10-5-19-8-21-10)22-15(27)11(18)7-24/h5,8-9,11-13,24H,3-4,6-7,18H2,1-2H3,(H,19,21)(H,20,28)(H,22,27)(H,23,29)(H,25,26). The minimum atomic E-state index is -1.21. The average Bonchev–Trinajstić information content (AvgIpc) is 3.16. The lowest BCUT2D eigenvalue weighted by molar-refractivity contribution is -0.138. The number of rotatable bonds is 12. The van der Waals surface area contributed by atoms with Crippen molar-refractivity contribution >= 4 is 23.7 Å². The van der Waals surface area contributed by atoms with Crippen LogP contribution in [0.1, 0.15) is 26.0 Å². The van der Waals surface area contributed by atoms with Crippen LogP contribution in [0.5, 0.6) is 0 Å². The Hall–Kier alpha value is -2.99. The van der Waals surface area contributed by atoms with E-state index < -0.39 is 55.0 Å². The number of hydrogen-bond donors (Lipinski definition) is 7. The molecule has 12 nitrogen and oxygen atoms in total. The number of aliphatic hydroxyl groups excluding tert-OH is 1. The Bertz CT molecular complexity index is 693. The summed E-state index contributed by atoms with van der Waals surface area (Å²) in [6.07, 6.45) is 3.19. The third kappa shape index (κ3) is 8.70. The van der Waals surface area contributed by atoms with Crippen LogP contribution in [0.15, 0.2) is 12.5 Å². The number of carbonyl (C=O) groups excluding carboxylic acids is 3. The number of aliphatic hydroxyl groups is 1.